The van der Waals surface area contributed by atoms with Gasteiger partial charge in [0.2, 0.25) is 5.91 Å². The van der Waals surface area contributed by atoms with Crippen molar-refractivity contribution in [1.82, 2.24) is 15.5 Å². The monoisotopic (exact) mass is 450 g/mol. The van der Waals surface area contributed by atoms with E-state index in [1.807, 2.05) is 0 Å². The Morgan fingerprint density at radius 3 is 2.42 bits per heavy atom. The molecule has 1 aromatic rings. The highest BCUT2D eigenvalue weighted by Crippen LogP contribution is 2.20. The lowest BCUT2D eigenvalue weighted by molar-refractivity contribution is -0.125. The predicted octanol–water partition coefficient (Wildman–Crippen LogP) is 3.74. The van der Waals surface area contributed by atoms with Gasteiger partial charge in [0.1, 0.15) is 23.1 Å². The molecule has 3 amide bonds. The van der Waals surface area contributed by atoms with Crippen LogP contribution in [0.5, 0.6) is 0 Å². The number of thiophene rings is 1. The molecule has 31 heavy (non-hydrogen) atoms. The van der Waals surface area contributed by atoms with Crippen LogP contribution in [-0.4, -0.2) is 46.1 Å². The lowest BCUT2D eigenvalue weighted by atomic mass is 10.2. The number of ether oxygens (including phenoxy) is 2. The number of alkyl carbamates (subject to hydrolysis) is 1. The third-order valence-corrected chi connectivity index (χ3v) is 4.81. The normalized spacial score (nSPS) is 16.1. The SMILES string of the molecule is CC(C)(C)OC(=O)NC(=N)c1csc(CNC(=O)[C@@H]2CC=CN2C(=O)OC(C)(C)C)c1. The Morgan fingerprint density at radius 2 is 1.81 bits per heavy atom. The lowest BCUT2D eigenvalue weighted by Crippen LogP contribution is -2.46. The molecule has 0 bridgehead atoms. The second-order valence-electron chi connectivity index (χ2n) is 9.05. The molecule has 0 unspecified atom stereocenters. The second-order valence-corrected chi connectivity index (χ2v) is 10.0. The minimum Gasteiger partial charge on any atom is -0.444 e. The van der Waals surface area contributed by atoms with Crippen molar-refractivity contribution in [1.29, 1.82) is 5.41 Å². The quantitative estimate of drug-likeness (QED) is 0.477. The number of carbonyl (C=O) groups is 3. The average molecular weight is 451 g/mol. The first-order valence-electron chi connectivity index (χ1n) is 9.87. The first-order chi connectivity index (χ1) is 14.2. The number of amides is 3. The first-order valence-corrected chi connectivity index (χ1v) is 10.7. The van der Waals surface area contributed by atoms with Crippen molar-refractivity contribution in [3.63, 3.8) is 0 Å². The summed E-state index contributed by atoms with van der Waals surface area (Å²) in [7, 11) is 0. The minimum atomic E-state index is -0.700. The molecule has 0 aromatic carbocycles. The van der Waals surface area contributed by atoms with Gasteiger partial charge in [0.15, 0.2) is 0 Å². The molecule has 0 spiro atoms. The Hall–Kier alpha value is -2.88. The Labute approximate surface area is 186 Å². The van der Waals surface area contributed by atoms with Gasteiger partial charge in [-0.3, -0.25) is 20.4 Å². The topological polar surface area (TPSA) is 121 Å². The van der Waals surface area contributed by atoms with Crippen LogP contribution in [-0.2, 0) is 20.8 Å². The molecule has 1 aromatic heterocycles. The molecule has 0 saturated carbocycles. The van der Waals surface area contributed by atoms with Crippen LogP contribution < -0.4 is 10.6 Å². The van der Waals surface area contributed by atoms with E-state index >= 15 is 0 Å². The number of hydrogen-bond acceptors (Lipinski definition) is 7. The van der Waals surface area contributed by atoms with Crippen molar-refractivity contribution in [2.45, 2.75) is 71.8 Å². The number of nitrogens with zero attached hydrogens (tertiary/aromatic N) is 1. The van der Waals surface area contributed by atoms with Gasteiger partial charge >= 0.3 is 12.2 Å². The van der Waals surface area contributed by atoms with Crippen LogP contribution in [0.1, 0.15) is 58.4 Å². The summed E-state index contributed by atoms with van der Waals surface area (Å²) in [5.41, 5.74) is -0.797. The maximum Gasteiger partial charge on any atom is 0.415 e. The van der Waals surface area contributed by atoms with E-state index in [0.29, 0.717) is 12.0 Å². The van der Waals surface area contributed by atoms with E-state index in [0.717, 1.165) is 4.88 Å². The molecule has 3 N–H and O–H groups in total. The van der Waals surface area contributed by atoms with Gasteiger partial charge in [-0.15, -0.1) is 11.3 Å². The fourth-order valence-corrected chi connectivity index (χ4v) is 3.45. The number of amidine groups is 1. The van der Waals surface area contributed by atoms with Gasteiger partial charge in [0.05, 0.1) is 6.54 Å². The Kier molecular flexibility index (Phi) is 7.48. The standard InChI is InChI=1S/C21H30N4O5S/c1-20(2,3)29-18(27)24-16(22)13-10-14(31-12-13)11-23-17(26)15-8-7-9-25(15)19(28)30-21(4,5)6/h7,9-10,12,15H,8,11H2,1-6H3,(H,23,26)(H2,22,24,27)/t15-/m0/s1. The predicted molar refractivity (Wildman–Crippen MR) is 118 cm³/mol. The van der Waals surface area contributed by atoms with Gasteiger partial charge < -0.3 is 14.8 Å². The summed E-state index contributed by atoms with van der Waals surface area (Å²) in [5.74, 6) is -0.382. The molecule has 0 aliphatic carbocycles. The molecule has 0 radical (unpaired) electrons. The largest absolute Gasteiger partial charge is 0.444 e. The van der Waals surface area contributed by atoms with Gasteiger partial charge in [0.25, 0.3) is 0 Å². The molecular formula is C21H30N4O5S. The van der Waals surface area contributed by atoms with Crippen molar-refractivity contribution in [2.75, 3.05) is 0 Å². The first kappa shape index (κ1) is 24.4. The summed E-state index contributed by atoms with van der Waals surface area (Å²) in [6, 6.07) is 1.05. The van der Waals surface area contributed by atoms with E-state index in [1.54, 1.807) is 65.3 Å². The van der Waals surface area contributed by atoms with Crippen molar-refractivity contribution >= 4 is 35.3 Å². The average Bonchev–Trinajstić information content (AvgIpc) is 3.26. The Bertz CT molecular complexity index is 879. The van der Waals surface area contributed by atoms with Crippen molar-refractivity contribution < 1.29 is 23.9 Å². The highest BCUT2D eigenvalue weighted by Gasteiger charge is 2.33. The summed E-state index contributed by atoms with van der Waals surface area (Å²) < 4.78 is 10.5. The van der Waals surface area contributed by atoms with E-state index < -0.39 is 29.4 Å². The van der Waals surface area contributed by atoms with Crippen LogP contribution in [0.15, 0.2) is 23.7 Å². The lowest BCUT2D eigenvalue weighted by Gasteiger charge is -2.27. The third-order valence-electron chi connectivity index (χ3n) is 3.87. The van der Waals surface area contributed by atoms with Crippen molar-refractivity contribution in [3.8, 4) is 0 Å². The van der Waals surface area contributed by atoms with Gasteiger partial charge in [-0.1, -0.05) is 6.08 Å². The summed E-state index contributed by atoms with van der Waals surface area (Å²) >= 11 is 1.35. The molecule has 2 rings (SSSR count). The number of hydrogen-bond donors (Lipinski definition) is 3. The summed E-state index contributed by atoms with van der Waals surface area (Å²) in [4.78, 5) is 38.8. The molecule has 9 nitrogen and oxygen atoms in total. The second kappa shape index (κ2) is 9.51. The smallest absolute Gasteiger partial charge is 0.415 e. The summed E-state index contributed by atoms with van der Waals surface area (Å²) in [6.45, 7) is 10.8. The summed E-state index contributed by atoms with van der Waals surface area (Å²) in [6.07, 6.45) is 2.45. The Morgan fingerprint density at radius 1 is 1.16 bits per heavy atom. The van der Waals surface area contributed by atoms with Crippen LogP contribution in [0, 0.1) is 5.41 Å². The van der Waals surface area contributed by atoms with E-state index in [-0.39, 0.29) is 18.3 Å². The molecule has 1 aliphatic rings. The molecule has 1 aliphatic heterocycles. The zero-order chi connectivity index (χ0) is 23.4. The maximum absolute atomic E-state index is 12.6. The van der Waals surface area contributed by atoms with E-state index in [2.05, 4.69) is 10.6 Å². The van der Waals surface area contributed by atoms with Gasteiger partial charge in [0, 0.05) is 22.0 Å². The van der Waals surface area contributed by atoms with Gasteiger partial charge in [-0.05, 0) is 54.0 Å². The van der Waals surface area contributed by atoms with Crippen molar-refractivity contribution in [3.05, 3.63) is 34.2 Å². The highest BCUT2D eigenvalue weighted by atomic mass is 32.1. The van der Waals surface area contributed by atoms with Crippen LogP contribution >= 0.6 is 11.3 Å². The van der Waals surface area contributed by atoms with Gasteiger partial charge in [-0.25, -0.2) is 9.59 Å². The minimum absolute atomic E-state index is 0.0841. The summed E-state index contributed by atoms with van der Waals surface area (Å²) in [5, 5.41) is 14.9. The molecule has 0 saturated heterocycles. The van der Waals surface area contributed by atoms with Gasteiger partial charge in [-0.2, -0.15) is 0 Å². The van der Waals surface area contributed by atoms with Crippen LogP contribution in [0.4, 0.5) is 9.59 Å². The molecule has 2 heterocycles. The fraction of sp³-hybridized carbons (Fsp3) is 0.524. The molecule has 10 heteroatoms. The number of carbonyl (C=O) groups excluding carboxylic acids is 3. The van der Waals surface area contributed by atoms with Crippen LogP contribution in [0.3, 0.4) is 0 Å². The number of rotatable bonds is 4. The van der Waals surface area contributed by atoms with E-state index in [9.17, 15) is 14.4 Å². The zero-order valence-electron chi connectivity index (χ0n) is 18.7. The zero-order valence-corrected chi connectivity index (χ0v) is 19.5. The molecule has 170 valence electrons. The van der Waals surface area contributed by atoms with Crippen LogP contribution in [0.2, 0.25) is 0 Å². The molecule has 1 atom stereocenters. The molecule has 0 fully saturated rings. The fourth-order valence-electron chi connectivity index (χ4n) is 2.63. The number of nitrogens with one attached hydrogen (secondary N) is 3. The van der Waals surface area contributed by atoms with Crippen LogP contribution in [0.25, 0.3) is 0 Å². The van der Waals surface area contributed by atoms with E-state index in [4.69, 9.17) is 14.9 Å². The van der Waals surface area contributed by atoms with Crippen molar-refractivity contribution in [2.24, 2.45) is 0 Å². The maximum atomic E-state index is 12.6. The molecular weight excluding hydrogens is 420 g/mol. The third kappa shape index (κ3) is 7.71. The highest BCUT2D eigenvalue weighted by molar-refractivity contribution is 7.10. The van der Waals surface area contributed by atoms with E-state index in [1.165, 1.54) is 16.2 Å². The Balaban J connectivity index is 1.89.